The number of benzene rings is 3. The number of hydrogen-bond donors (Lipinski definition) is 0. The van der Waals surface area contributed by atoms with Crippen LogP contribution in [0, 0.1) is 18.2 Å². The van der Waals surface area contributed by atoms with Crippen LogP contribution in [-0.4, -0.2) is 95.8 Å². The van der Waals surface area contributed by atoms with E-state index in [1.54, 1.807) is 19.2 Å². The first-order valence-corrected chi connectivity index (χ1v) is 18.4. The van der Waals surface area contributed by atoms with E-state index in [9.17, 15) is 4.79 Å². The van der Waals surface area contributed by atoms with Gasteiger partial charge >= 0.3 is 12.1 Å². The number of amides is 1. The molecule has 4 saturated heterocycles. The van der Waals surface area contributed by atoms with Gasteiger partial charge in [0.05, 0.1) is 17.6 Å². The molecule has 0 saturated carbocycles. The third-order valence-electron chi connectivity index (χ3n) is 11.1. The number of piperazine rings is 1. The topological polar surface area (TPSA) is 89.5 Å². The number of anilines is 1. The number of fused-ring (bicyclic) bond motifs is 5. The van der Waals surface area contributed by atoms with Gasteiger partial charge in [-0.1, -0.05) is 36.3 Å². The minimum atomic E-state index is -0.597. The number of halogens is 1. The van der Waals surface area contributed by atoms with E-state index in [0.717, 1.165) is 56.0 Å². The van der Waals surface area contributed by atoms with E-state index in [1.165, 1.54) is 5.57 Å². The molecule has 4 aromatic rings. The zero-order chi connectivity index (χ0) is 37.1. The Balaban J connectivity index is 1.23. The van der Waals surface area contributed by atoms with E-state index in [4.69, 9.17) is 35.3 Å². The van der Waals surface area contributed by atoms with Gasteiger partial charge in [0.2, 0.25) is 0 Å². The Labute approximate surface area is 309 Å². The Bertz CT molecular complexity index is 2150. The van der Waals surface area contributed by atoms with Crippen molar-refractivity contribution in [3.63, 3.8) is 0 Å². The summed E-state index contributed by atoms with van der Waals surface area (Å²) in [7, 11) is 1.55. The smallest absolute Gasteiger partial charge is 0.410 e. The molecule has 3 aromatic carbocycles. The van der Waals surface area contributed by atoms with E-state index in [2.05, 4.69) is 22.3 Å². The van der Waals surface area contributed by atoms with Crippen LogP contribution in [0.2, 0.25) is 0 Å². The number of carbonyl (C=O) groups excluding carboxylic acids is 1. The lowest BCUT2D eigenvalue weighted by atomic mass is 9.93. The lowest BCUT2D eigenvalue weighted by molar-refractivity contribution is 0.0122. The SMILES string of the molecule is C#Cc1cccc2cc(OCOC)cc(-c3ccc4c(N5C[C@H]6CC[C@@H](C5)N6C(=O)OC(C)(C)C)nc(OCC56CCCN5CC(=C)C6)nc4c3F)c12. The van der Waals surface area contributed by atoms with Gasteiger partial charge in [0, 0.05) is 48.6 Å². The first-order chi connectivity index (χ1) is 25.5. The molecule has 1 amide bonds. The second kappa shape index (κ2) is 13.5. The molecule has 1 aromatic heterocycles. The summed E-state index contributed by atoms with van der Waals surface area (Å²) < 4.78 is 40.7. The van der Waals surface area contributed by atoms with Crippen LogP contribution in [0.5, 0.6) is 11.8 Å². The molecule has 0 N–H and O–H groups in total. The lowest BCUT2D eigenvalue weighted by Crippen LogP contribution is -2.57. The summed E-state index contributed by atoms with van der Waals surface area (Å²) >= 11 is 0. The maximum absolute atomic E-state index is 17.4. The second-order valence-corrected chi connectivity index (χ2v) is 15.9. The molecule has 10 nitrogen and oxygen atoms in total. The minimum absolute atomic E-state index is 0.0344. The molecule has 0 radical (unpaired) electrons. The summed E-state index contributed by atoms with van der Waals surface area (Å²) in [6, 6.07) is 12.9. The number of rotatable bonds is 8. The van der Waals surface area contributed by atoms with Gasteiger partial charge in [-0.2, -0.15) is 9.97 Å². The largest absolute Gasteiger partial charge is 0.468 e. The van der Waals surface area contributed by atoms with Crippen LogP contribution in [0.3, 0.4) is 0 Å². The highest BCUT2D eigenvalue weighted by Gasteiger charge is 2.47. The molecule has 4 aliphatic heterocycles. The van der Waals surface area contributed by atoms with E-state index >= 15 is 4.39 Å². The first-order valence-electron chi connectivity index (χ1n) is 18.4. The number of ether oxygens (including phenoxy) is 4. The fourth-order valence-electron chi connectivity index (χ4n) is 8.92. The fraction of sp³-hybridized carbons (Fsp3) is 0.452. The molecular weight excluding hydrogens is 673 g/mol. The van der Waals surface area contributed by atoms with Gasteiger partial charge < -0.3 is 23.8 Å². The van der Waals surface area contributed by atoms with E-state index < -0.39 is 11.4 Å². The molecule has 4 fully saturated rings. The highest BCUT2D eigenvalue weighted by Crippen LogP contribution is 2.43. The monoisotopic (exact) mass is 719 g/mol. The number of hydrogen-bond acceptors (Lipinski definition) is 9. The number of nitrogens with zero attached hydrogens (tertiary/aromatic N) is 5. The van der Waals surface area contributed by atoms with Crippen LogP contribution in [0.1, 0.15) is 58.4 Å². The van der Waals surface area contributed by atoms with Crippen molar-refractivity contribution in [2.45, 2.75) is 76.1 Å². The molecule has 5 heterocycles. The third kappa shape index (κ3) is 6.42. The molecular formula is C42H46FN5O5. The first kappa shape index (κ1) is 35.1. The predicted molar refractivity (Wildman–Crippen MR) is 203 cm³/mol. The normalized spacial score (nSPS) is 22.8. The van der Waals surface area contributed by atoms with Crippen molar-refractivity contribution < 1.29 is 28.1 Å². The van der Waals surface area contributed by atoms with E-state index in [-0.39, 0.29) is 42.0 Å². The summed E-state index contributed by atoms with van der Waals surface area (Å²) in [5.74, 6) is 3.36. The molecule has 1 unspecified atom stereocenters. The maximum atomic E-state index is 17.4. The molecule has 53 heavy (non-hydrogen) atoms. The van der Waals surface area contributed by atoms with Crippen LogP contribution in [0.4, 0.5) is 15.0 Å². The highest BCUT2D eigenvalue weighted by atomic mass is 19.1. The van der Waals surface area contributed by atoms with Crippen molar-refractivity contribution in [2.75, 3.05) is 51.6 Å². The van der Waals surface area contributed by atoms with Gasteiger partial charge in [0.1, 0.15) is 29.3 Å². The van der Waals surface area contributed by atoms with Crippen molar-refractivity contribution in [1.82, 2.24) is 19.8 Å². The molecule has 2 bridgehead atoms. The van der Waals surface area contributed by atoms with Crippen LogP contribution in [-0.2, 0) is 9.47 Å². The summed E-state index contributed by atoms with van der Waals surface area (Å²) in [5, 5.41) is 2.11. The van der Waals surface area contributed by atoms with Crippen LogP contribution < -0.4 is 14.4 Å². The molecule has 8 rings (SSSR count). The summed E-state index contributed by atoms with van der Waals surface area (Å²) in [6.45, 7) is 13.2. The van der Waals surface area contributed by atoms with Gasteiger partial charge in [-0.3, -0.25) is 9.80 Å². The average molecular weight is 720 g/mol. The van der Waals surface area contributed by atoms with E-state index in [0.29, 0.717) is 53.3 Å². The summed E-state index contributed by atoms with van der Waals surface area (Å²) in [4.78, 5) is 29.6. The molecule has 0 spiro atoms. The zero-order valence-corrected chi connectivity index (χ0v) is 30.9. The molecule has 4 aliphatic rings. The quantitative estimate of drug-likeness (QED) is 0.106. The number of terminal acetylenes is 1. The summed E-state index contributed by atoms with van der Waals surface area (Å²) in [6.07, 6.45) is 10.3. The van der Waals surface area contributed by atoms with Crippen LogP contribution >= 0.6 is 0 Å². The highest BCUT2D eigenvalue weighted by molar-refractivity contribution is 6.04. The lowest BCUT2D eigenvalue weighted by Gasteiger charge is -2.42. The minimum Gasteiger partial charge on any atom is -0.468 e. The van der Waals surface area contributed by atoms with E-state index in [1.807, 2.05) is 56.0 Å². The van der Waals surface area contributed by atoms with Crippen molar-refractivity contribution in [1.29, 1.82) is 0 Å². The molecule has 11 heteroatoms. The van der Waals surface area contributed by atoms with Gasteiger partial charge in [-0.15, -0.1) is 6.42 Å². The summed E-state index contributed by atoms with van der Waals surface area (Å²) in [5.41, 5.74) is 2.12. The maximum Gasteiger partial charge on any atom is 0.410 e. The molecule has 0 aliphatic carbocycles. The molecule has 3 atom stereocenters. The zero-order valence-electron chi connectivity index (χ0n) is 30.9. The Morgan fingerprint density at radius 1 is 1.09 bits per heavy atom. The number of carbonyl (C=O) groups is 1. The predicted octanol–water partition coefficient (Wildman–Crippen LogP) is 7.31. The number of methoxy groups -OCH3 is 1. The molecule has 276 valence electrons. The van der Waals surface area contributed by atoms with Gasteiger partial charge in [-0.25, -0.2) is 9.18 Å². The standard InChI is InChI=1S/C42H46FN5O5/c1-7-27-10-8-11-28-18-31(52-25-50-6)19-34(35(27)28)32-14-15-33-37(36(32)43)44-39(51-24-42-16-9-17-47(42)21-26(2)20-42)45-38(33)46-22-29-12-13-30(23-46)48(29)40(49)53-41(3,4)5/h1,8,10-11,14-15,18-19,29-30H,2,9,12-13,16-17,20-25H2,3-6H3/t29-,30+,42?. The Kier molecular flexibility index (Phi) is 8.94. The van der Waals surface area contributed by atoms with Crippen molar-refractivity contribution >= 4 is 33.6 Å². The van der Waals surface area contributed by atoms with Crippen molar-refractivity contribution in [3.8, 4) is 35.2 Å². The Hall–Kier alpha value is -4.92. The average Bonchev–Trinajstić information content (AvgIpc) is 3.75. The van der Waals surface area contributed by atoms with Gasteiger partial charge in [-0.05, 0) is 94.6 Å². The second-order valence-electron chi connectivity index (χ2n) is 15.9. The number of aromatic nitrogens is 2. The third-order valence-corrected chi connectivity index (χ3v) is 11.1. The van der Waals surface area contributed by atoms with Gasteiger partial charge in [0.25, 0.3) is 0 Å². The van der Waals surface area contributed by atoms with Crippen molar-refractivity contribution in [3.05, 3.63) is 66.0 Å². The van der Waals surface area contributed by atoms with Gasteiger partial charge in [0.15, 0.2) is 12.6 Å². The Morgan fingerprint density at radius 2 is 1.89 bits per heavy atom. The van der Waals surface area contributed by atoms with Crippen molar-refractivity contribution in [2.24, 2.45) is 0 Å². The Morgan fingerprint density at radius 3 is 2.62 bits per heavy atom. The van der Waals surface area contributed by atoms with Crippen LogP contribution in [0.25, 0.3) is 32.8 Å². The van der Waals surface area contributed by atoms with Crippen LogP contribution in [0.15, 0.2) is 54.6 Å². The fourth-order valence-corrected chi connectivity index (χ4v) is 8.92.